The number of alkyl carbamates (subject to hydrolysis) is 1. The molecule has 0 saturated heterocycles. The maximum atomic E-state index is 11.1. The van der Waals surface area contributed by atoms with Gasteiger partial charge in [-0.2, -0.15) is 0 Å². The van der Waals surface area contributed by atoms with Gasteiger partial charge in [0.2, 0.25) is 5.91 Å². The van der Waals surface area contributed by atoms with Crippen molar-refractivity contribution in [1.82, 2.24) is 5.32 Å². The Hall–Kier alpha value is -1.06. The molecule has 4 nitrogen and oxygen atoms in total. The molecule has 0 radical (unpaired) electrons. The maximum Gasteiger partial charge on any atom is 0.414 e. The molecule has 2 amide bonds. The minimum Gasteiger partial charge on any atom is -0.444 e. The van der Waals surface area contributed by atoms with Crippen LogP contribution in [-0.4, -0.2) is 17.6 Å². The molecule has 0 spiro atoms. The highest BCUT2D eigenvalue weighted by Gasteiger charge is 2.18. The largest absolute Gasteiger partial charge is 0.444 e. The molecule has 1 N–H and O–H groups in total. The lowest BCUT2D eigenvalue weighted by Gasteiger charge is -2.19. The highest BCUT2D eigenvalue weighted by atomic mass is 16.6. The molecule has 0 aliphatic heterocycles. The summed E-state index contributed by atoms with van der Waals surface area (Å²) in [4.78, 5) is 22.2. The van der Waals surface area contributed by atoms with Gasteiger partial charge in [-0.1, -0.05) is 13.8 Å². The quantitative estimate of drug-likeness (QED) is 0.744. The predicted octanol–water partition coefficient (Wildman–Crippen LogP) is 2.08. The van der Waals surface area contributed by atoms with Gasteiger partial charge in [0.15, 0.2) is 0 Å². The summed E-state index contributed by atoms with van der Waals surface area (Å²) in [6.07, 6.45) is -0.345. The molecular weight excluding hydrogens is 182 g/mol. The Morgan fingerprint density at radius 1 is 1.29 bits per heavy atom. The van der Waals surface area contributed by atoms with Crippen LogP contribution in [0.4, 0.5) is 4.79 Å². The van der Waals surface area contributed by atoms with Gasteiger partial charge in [-0.3, -0.25) is 10.1 Å². The average Bonchev–Trinajstić information content (AvgIpc) is 1.77. The van der Waals surface area contributed by atoms with E-state index >= 15 is 0 Å². The van der Waals surface area contributed by atoms with Gasteiger partial charge in [0.25, 0.3) is 0 Å². The standard InChI is InChI=1S/C10H19NO3/c1-7(2)6-8(12)11-9(13)14-10(3,4)5/h7H,6H2,1-5H3,(H,11,12,13). The number of nitrogens with one attached hydrogen (secondary N) is 1. The van der Waals surface area contributed by atoms with Crippen LogP contribution in [0.1, 0.15) is 41.0 Å². The van der Waals surface area contributed by atoms with Gasteiger partial charge >= 0.3 is 6.09 Å². The maximum absolute atomic E-state index is 11.1. The first-order chi connectivity index (χ1) is 6.20. The third kappa shape index (κ3) is 7.58. The number of carbonyl (C=O) groups is 2. The number of imide groups is 1. The van der Waals surface area contributed by atoms with Gasteiger partial charge in [-0.05, 0) is 26.7 Å². The highest BCUT2D eigenvalue weighted by molar-refractivity contribution is 5.91. The van der Waals surface area contributed by atoms with Crippen LogP contribution in [0.3, 0.4) is 0 Å². The zero-order valence-electron chi connectivity index (χ0n) is 9.51. The molecule has 0 unspecified atom stereocenters. The molecular formula is C10H19NO3. The molecule has 0 aliphatic carbocycles. The Kier molecular flexibility index (Phi) is 4.60. The summed E-state index contributed by atoms with van der Waals surface area (Å²) in [6.45, 7) is 9.07. The number of carbonyl (C=O) groups excluding carboxylic acids is 2. The number of hydrogen-bond acceptors (Lipinski definition) is 3. The van der Waals surface area contributed by atoms with E-state index < -0.39 is 11.7 Å². The van der Waals surface area contributed by atoms with E-state index in [0.29, 0.717) is 6.42 Å². The van der Waals surface area contributed by atoms with Crippen LogP contribution in [-0.2, 0) is 9.53 Å². The van der Waals surface area contributed by atoms with E-state index in [4.69, 9.17) is 4.74 Å². The minimum atomic E-state index is -0.678. The fraction of sp³-hybridized carbons (Fsp3) is 0.800. The first-order valence-corrected chi connectivity index (χ1v) is 4.73. The van der Waals surface area contributed by atoms with E-state index in [1.165, 1.54) is 0 Å². The molecule has 14 heavy (non-hydrogen) atoms. The molecule has 0 aromatic rings. The summed E-state index contributed by atoms with van der Waals surface area (Å²) in [7, 11) is 0. The second kappa shape index (κ2) is 4.98. The molecule has 4 heteroatoms. The third-order valence-electron chi connectivity index (χ3n) is 1.23. The Labute approximate surface area is 85.0 Å². The Morgan fingerprint density at radius 2 is 1.79 bits per heavy atom. The molecule has 0 saturated carbocycles. The van der Waals surface area contributed by atoms with E-state index in [2.05, 4.69) is 5.32 Å². The van der Waals surface area contributed by atoms with E-state index in [0.717, 1.165) is 0 Å². The fourth-order valence-corrected chi connectivity index (χ4v) is 0.839. The van der Waals surface area contributed by atoms with Gasteiger partial charge in [0, 0.05) is 6.42 Å². The highest BCUT2D eigenvalue weighted by Crippen LogP contribution is 2.06. The predicted molar refractivity (Wildman–Crippen MR) is 53.8 cm³/mol. The monoisotopic (exact) mass is 201 g/mol. The van der Waals surface area contributed by atoms with E-state index in [1.807, 2.05) is 13.8 Å². The van der Waals surface area contributed by atoms with Crippen LogP contribution in [0.25, 0.3) is 0 Å². The summed E-state index contributed by atoms with van der Waals surface area (Å²) in [5.74, 6) is -0.0633. The molecule has 0 aliphatic rings. The van der Waals surface area contributed by atoms with Crippen molar-refractivity contribution in [2.45, 2.75) is 46.6 Å². The second-order valence-corrected chi connectivity index (χ2v) is 4.65. The van der Waals surface area contributed by atoms with Crippen LogP contribution in [0, 0.1) is 5.92 Å². The molecule has 0 bridgehead atoms. The summed E-state index contributed by atoms with van der Waals surface area (Å²) in [5, 5.41) is 2.17. The molecule has 0 aromatic heterocycles. The van der Waals surface area contributed by atoms with E-state index in [9.17, 15) is 9.59 Å². The molecule has 0 aromatic carbocycles. The fourth-order valence-electron chi connectivity index (χ4n) is 0.839. The zero-order valence-corrected chi connectivity index (χ0v) is 9.51. The topological polar surface area (TPSA) is 55.4 Å². The first kappa shape index (κ1) is 12.9. The SMILES string of the molecule is CC(C)CC(=O)NC(=O)OC(C)(C)C. The van der Waals surface area contributed by atoms with Crippen molar-refractivity contribution in [2.75, 3.05) is 0 Å². The minimum absolute atomic E-state index is 0.234. The van der Waals surface area contributed by atoms with E-state index in [-0.39, 0.29) is 11.8 Å². The van der Waals surface area contributed by atoms with Crippen molar-refractivity contribution in [2.24, 2.45) is 5.92 Å². The first-order valence-electron chi connectivity index (χ1n) is 4.73. The number of rotatable bonds is 2. The lowest BCUT2D eigenvalue weighted by molar-refractivity contribution is -0.121. The lowest BCUT2D eigenvalue weighted by Crippen LogP contribution is -2.36. The molecule has 0 fully saturated rings. The molecule has 0 rings (SSSR count). The summed E-state index contributed by atoms with van der Waals surface area (Å²) < 4.78 is 4.92. The van der Waals surface area contributed by atoms with Gasteiger partial charge < -0.3 is 4.74 Å². The van der Waals surface area contributed by atoms with Crippen LogP contribution < -0.4 is 5.32 Å². The third-order valence-corrected chi connectivity index (χ3v) is 1.23. The van der Waals surface area contributed by atoms with Crippen LogP contribution in [0.15, 0.2) is 0 Å². The average molecular weight is 201 g/mol. The zero-order chi connectivity index (χ0) is 11.4. The van der Waals surface area contributed by atoms with Crippen molar-refractivity contribution in [3.63, 3.8) is 0 Å². The molecule has 0 atom stereocenters. The number of amides is 2. The van der Waals surface area contributed by atoms with Crippen molar-refractivity contribution in [3.05, 3.63) is 0 Å². The summed E-state index contributed by atoms with van der Waals surface area (Å²) >= 11 is 0. The van der Waals surface area contributed by atoms with Gasteiger partial charge in [0.1, 0.15) is 5.60 Å². The van der Waals surface area contributed by atoms with E-state index in [1.54, 1.807) is 20.8 Å². The van der Waals surface area contributed by atoms with Crippen LogP contribution >= 0.6 is 0 Å². The van der Waals surface area contributed by atoms with Crippen LogP contribution in [0.5, 0.6) is 0 Å². The molecule has 82 valence electrons. The number of ether oxygens (including phenoxy) is 1. The van der Waals surface area contributed by atoms with Crippen molar-refractivity contribution >= 4 is 12.0 Å². The Balaban J connectivity index is 3.90. The Morgan fingerprint density at radius 3 is 2.14 bits per heavy atom. The van der Waals surface area contributed by atoms with Gasteiger partial charge in [-0.25, -0.2) is 4.79 Å². The van der Waals surface area contributed by atoms with Gasteiger partial charge in [-0.15, -0.1) is 0 Å². The molecule has 0 heterocycles. The van der Waals surface area contributed by atoms with Crippen molar-refractivity contribution in [1.29, 1.82) is 0 Å². The van der Waals surface area contributed by atoms with Crippen LogP contribution in [0.2, 0.25) is 0 Å². The summed E-state index contributed by atoms with van der Waals surface area (Å²) in [5.41, 5.74) is -0.567. The number of hydrogen-bond donors (Lipinski definition) is 1. The van der Waals surface area contributed by atoms with Gasteiger partial charge in [0.05, 0.1) is 0 Å². The smallest absolute Gasteiger partial charge is 0.414 e. The summed E-state index contributed by atoms with van der Waals surface area (Å²) in [6, 6.07) is 0. The van der Waals surface area contributed by atoms with Crippen molar-refractivity contribution < 1.29 is 14.3 Å². The Bertz CT molecular complexity index is 216. The lowest BCUT2D eigenvalue weighted by atomic mass is 10.1. The van der Waals surface area contributed by atoms with Crippen molar-refractivity contribution in [3.8, 4) is 0 Å². The second-order valence-electron chi connectivity index (χ2n) is 4.65. The normalized spacial score (nSPS) is 11.3.